The van der Waals surface area contributed by atoms with Gasteiger partial charge in [0.15, 0.2) is 11.0 Å². The van der Waals surface area contributed by atoms with Gasteiger partial charge >= 0.3 is 0 Å². The van der Waals surface area contributed by atoms with Crippen LogP contribution in [0.25, 0.3) is 17.1 Å². The first-order valence-corrected chi connectivity index (χ1v) is 15.5. The molecule has 0 saturated carbocycles. The van der Waals surface area contributed by atoms with Gasteiger partial charge in [-0.15, -0.1) is 10.2 Å². The Morgan fingerprint density at radius 2 is 1.57 bits per heavy atom. The highest BCUT2D eigenvalue weighted by atomic mass is 32.2. The van der Waals surface area contributed by atoms with Crippen molar-refractivity contribution in [2.45, 2.75) is 23.9 Å². The van der Waals surface area contributed by atoms with Crippen molar-refractivity contribution in [3.8, 4) is 22.8 Å². The van der Waals surface area contributed by atoms with Gasteiger partial charge < -0.3 is 10.1 Å². The van der Waals surface area contributed by atoms with Crippen LogP contribution in [0.5, 0.6) is 5.75 Å². The van der Waals surface area contributed by atoms with Gasteiger partial charge in [-0.2, -0.15) is 0 Å². The highest BCUT2D eigenvalue weighted by Crippen LogP contribution is 2.30. The maximum Gasteiger partial charge on any atom is 0.261 e. The second-order valence-electron chi connectivity index (χ2n) is 9.54. The first-order chi connectivity index (χ1) is 20.2. The van der Waals surface area contributed by atoms with Crippen molar-refractivity contribution in [1.82, 2.24) is 14.8 Å². The molecule has 0 atom stereocenters. The van der Waals surface area contributed by atoms with E-state index in [1.165, 1.54) is 11.8 Å². The third-order valence-corrected chi connectivity index (χ3v) is 8.65. The number of aryl methyl sites for hydroxylation is 2. The quantitative estimate of drug-likeness (QED) is 0.187. The van der Waals surface area contributed by atoms with E-state index in [0.717, 1.165) is 22.5 Å². The van der Waals surface area contributed by atoms with Crippen LogP contribution in [0.2, 0.25) is 0 Å². The van der Waals surface area contributed by atoms with Crippen LogP contribution in [0.3, 0.4) is 0 Å². The lowest BCUT2D eigenvalue weighted by Gasteiger charge is -2.12. The molecule has 0 spiro atoms. The number of rotatable bonds is 10. The number of hydrogen-bond donors (Lipinski definition) is 2. The number of carbonyl (C=O) groups excluding carboxylic acids is 1. The Morgan fingerprint density at radius 3 is 2.24 bits per heavy atom. The van der Waals surface area contributed by atoms with Crippen LogP contribution in [-0.2, 0) is 14.8 Å². The molecule has 0 unspecified atom stereocenters. The Kier molecular flexibility index (Phi) is 8.60. The standard InChI is InChI=1S/C31H29N5O4S2/c1-21-7-17-28(18-8-21)42(38,39)35-24-11-9-23(10-12-24)30-33-34-31(36(30)26-13-15-27(40-3)16-14-26)41-20-29(37)32-25-6-4-5-22(2)19-25/h4-19,35H,20H2,1-3H3,(H,32,37). The van der Waals surface area contributed by atoms with Gasteiger partial charge in [-0.3, -0.25) is 14.1 Å². The number of carbonyl (C=O) groups is 1. The van der Waals surface area contributed by atoms with Crippen molar-refractivity contribution in [3.05, 3.63) is 108 Å². The first kappa shape index (κ1) is 28.9. The van der Waals surface area contributed by atoms with Crippen molar-refractivity contribution >= 4 is 39.1 Å². The van der Waals surface area contributed by atoms with Crippen molar-refractivity contribution < 1.29 is 17.9 Å². The molecule has 214 valence electrons. The second-order valence-corrected chi connectivity index (χ2v) is 12.2. The molecule has 1 amide bonds. The van der Waals surface area contributed by atoms with Gasteiger partial charge in [0, 0.05) is 22.6 Å². The third kappa shape index (κ3) is 6.81. The zero-order chi connectivity index (χ0) is 29.7. The highest BCUT2D eigenvalue weighted by Gasteiger charge is 2.19. The number of amides is 1. The summed E-state index contributed by atoms with van der Waals surface area (Å²) in [5, 5.41) is 12.3. The van der Waals surface area contributed by atoms with Gasteiger partial charge in [0.2, 0.25) is 5.91 Å². The smallest absolute Gasteiger partial charge is 0.261 e. The highest BCUT2D eigenvalue weighted by molar-refractivity contribution is 7.99. The van der Waals surface area contributed by atoms with Crippen molar-refractivity contribution in [1.29, 1.82) is 0 Å². The van der Waals surface area contributed by atoms with Crippen LogP contribution in [0.4, 0.5) is 11.4 Å². The minimum Gasteiger partial charge on any atom is -0.497 e. The summed E-state index contributed by atoms with van der Waals surface area (Å²) in [7, 11) is -2.14. The number of aromatic nitrogens is 3. The predicted octanol–water partition coefficient (Wildman–Crippen LogP) is 6.09. The molecule has 0 bridgehead atoms. The average molecular weight is 600 g/mol. The monoisotopic (exact) mass is 599 g/mol. The summed E-state index contributed by atoms with van der Waals surface area (Å²) in [5.41, 5.74) is 4.67. The van der Waals surface area contributed by atoms with Gasteiger partial charge in [-0.25, -0.2) is 8.42 Å². The molecule has 0 fully saturated rings. The number of hydrogen-bond acceptors (Lipinski definition) is 7. The van der Waals surface area contributed by atoms with Crippen LogP contribution < -0.4 is 14.8 Å². The minimum absolute atomic E-state index is 0.127. The zero-order valence-corrected chi connectivity index (χ0v) is 24.9. The number of benzene rings is 4. The Morgan fingerprint density at radius 1 is 0.857 bits per heavy atom. The topological polar surface area (TPSA) is 115 Å². The van der Waals surface area contributed by atoms with Gasteiger partial charge in [-0.1, -0.05) is 41.6 Å². The molecular formula is C31H29N5O4S2. The summed E-state index contributed by atoms with van der Waals surface area (Å²) in [6.45, 7) is 3.87. The molecule has 9 nitrogen and oxygen atoms in total. The summed E-state index contributed by atoms with van der Waals surface area (Å²) in [4.78, 5) is 12.9. The molecule has 0 saturated heterocycles. The molecule has 0 aliphatic heterocycles. The van der Waals surface area contributed by atoms with E-state index in [0.29, 0.717) is 28.0 Å². The van der Waals surface area contributed by atoms with Gasteiger partial charge in [0.1, 0.15) is 5.75 Å². The van der Waals surface area contributed by atoms with Crippen molar-refractivity contribution in [2.75, 3.05) is 22.9 Å². The largest absolute Gasteiger partial charge is 0.497 e. The van der Waals surface area contributed by atoms with Crippen molar-refractivity contribution in [2.24, 2.45) is 0 Å². The fourth-order valence-electron chi connectivity index (χ4n) is 4.18. The van der Waals surface area contributed by atoms with Crippen LogP contribution >= 0.6 is 11.8 Å². The average Bonchev–Trinajstić information content (AvgIpc) is 3.40. The second kappa shape index (κ2) is 12.5. The SMILES string of the molecule is COc1ccc(-n2c(SCC(=O)Nc3cccc(C)c3)nnc2-c2ccc(NS(=O)(=O)c3ccc(C)cc3)cc2)cc1. The molecule has 5 aromatic rings. The van der Waals surface area contributed by atoms with E-state index in [1.54, 1.807) is 55.6 Å². The summed E-state index contributed by atoms with van der Waals surface area (Å²) < 4.78 is 35.5. The van der Waals surface area contributed by atoms with Gasteiger partial charge in [0.05, 0.1) is 17.8 Å². The molecule has 0 aliphatic rings. The minimum atomic E-state index is -3.74. The molecule has 11 heteroatoms. The molecule has 0 radical (unpaired) electrons. The van der Waals surface area contributed by atoms with Crippen molar-refractivity contribution in [3.63, 3.8) is 0 Å². The van der Waals surface area contributed by atoms with Crippen LogP contribution in [0.15, 0.2) is 107 Å². The molecule has 5 rings (SSSR count). The van der Waals surface area contributed by atoms with E-state index in [9.17, 15) is 13.2 Å². The molecule has 4 aromatic carbocycles. The van der Waals surface area contributed by atoms with Crippen LogP contribution in [-0.4, -0.2) is 42.0 Å². The van der Waals surface area contributed by atoms with E-state index >= 15 is 0 Å². The van der Waals surface area contributed by atoms with E-state index in [1.807, 2.05) is 66.9 Å². The number of nitrogens with one attached hydrogen (secondary N) is 2. The van der Waals surface area contributed by atoms with Crippen LogP contribution in [0, 0.1) is 13.8 Å². The molecule has 1 aromatic heterocycles. The summed E-state index contributed by atoms with van der Waals surface area (Å²) in [6, 6.07) is 28.6. The molecular weight excluding hydrogens is 571 g/mol. The lowest BCUT2D eigenvalue weighted by molar-refractivity contribution is -0.113. The molecule has 0 aliphatic carbocycles. The Bertz CT molecular complexity index is 1800. The summed E-state index contributed by atoms with van der Waals surface area (Å²) in [5.74, 6) is 1.20. The summed E-state index contributed by atoms with van der Waals surface area (Å²) in [6.07, 6.45) is 0. The van der Waals surface area contributed by atoms with E-state index in [2.05, 4.69) is 20.2 Å². The number of ether oxygens (including phenoxy) is 1. The Hall–Kier alpha value is -4.61. The predicted molar refractivity (Wildman–Crippen MR) is 166 cm³/mol. The number of nitrogens with zero attached hydrogens (tertiary/aromatic N) is 3. The molecule has 2 N–H and O–H groups in total. The number of anilines is 2. The molecule has 42 heavy (non-hydrogen) atoms. The first-order valence-electron chi connectivity index (χ1n) is 13.0. The Balaban J connectivity index is 1.39. The lowest BCUT2D eigenvalue weighted by Crippen LogP contribution is -2.14. The summed E-state index contributed by atoms with van der Waals surface area (Å²) >= 11 is 1.26. The van der Waals surface area contributed by atoms with E-state index < -0.39 is 10.0 Å². The third-order valence-electron chi connectivity index (χ3n) is 6.32. The maximum atomic E-state index is 12.8. The van der Waals surface area contributed by atoms with Gasteiger partial charge in [-0.05, 0) is 92.2 Å². The molecule has 1 heterocycles. The van der Waals surface area contributed by atoms with E-state index in [4.69, 9.17) is 4.74 Å². The maximum absolute atomic E-state index is 12.8. The zero-order valence-electron chi connectivity index (χ0n) is 23.2. The fraction of sp³-hybridized carbons (Fsp3) is 0.129. The normalized spacial score (nSPS) is 11.2. The van der Waals surface area contributed by atoms with Crippen LogP contribution in [0.1, 0.15) is 11.1 Å². The number of thioether (sulfide) groups is 1. The van der Waals surface area contributed by atoms with Gasteiger partial charge in [0.25, 0.3) is 10.0 Å². The number of methoxy groups -OCH3 is 1. The fourth-order valence-corrected chi connectivity index (χ4v) is 5.99. The Labute approximate surface area is 249 Å². The lowest BCUT2D eigenvalue weighted by atomic mass is 10.2. The number of sulfonamides is 1. The van der Waals surface area contributed by atoms with E-state index in [-0.39, 0.29) is 16.6 Å².